The predicted octanol–water partition coefficient (Wildman–Crippen LogP) is 5.67. The molecule has 2 amide bonds. The molecule has 0 aliphatic carbocycles. The summed E-state index contributed by atoms with van der Waals surface area (Å²) in [6.45, 7) is 7.15. The molecule has 4 rings (SSSR count). The summed E-state index contributed by atoms with van der Waals surface area (Å²) in [5.41, 5.74) is 3.93. The lowest BCUT2D eigenvalue weighted by atomic mass is 10.0. The van der Waals surface area contributed by atoms with Gasteiger partial charge in [0.25, 0.3) is 10.0 Å². The van der Waals surface area contributed by atoms with E-state index in [0.717, 1.165) is 26.6 Å². The molecule has 0 fully saturated rings. The molecule has 236 valence electrons. The number of nitrogens with zero attached hydrogens (tertiary/aromatic N) is 2. The Morgan fingerprint density at radius 3 is 2.02 bits per heavy atom. The van der Waals surface area contributed by atoms with Gasteiger partial charge in [-0.1, -0.05) is 83.9 Å². The van der Waals surface area contributed by atoms with E-state index in [0.29, 0.717) is 5.75 Å². The Kier molecular flexibility index (Phi) is 11.0. The maximum Gasteiger partial charge on any atom is 0.264 e. The van der Waals surface area contributed by atoms with Crippen LogP contribution in [0.2, 0.25) is 0 Å². The van der Waals surface area contributed by atoms with E-state index in [-0.39, 0.29) is 35.5 Å². The number of sulfonamides is 1. The molecule has 0 saturated heterocycles. The first-order chi connectivity index (χ1) is 21.5. The average molecular weight is 628 g/mol. The molecular weight excluding hydrogens is 586 g/mol. The third-order valence-corrected chi connectivity index (χ3v) is 9.19. The SMILES string of the molecule is COc1cccc(N(CC(=O)N(Cc2ccc(C)cc2)[C@@H](Cc2ccccc2)C(=O)NC(C)C)S(=O)(=O)c2ccc(C)cc2)c1. The zero-order chi connectivity index (χ0) is 32.6. The first-order valence-electron chi connectivity index (χ1n) is 14.9. The van der Waals surface area contributed by atoms with Crippen molar-refractivity contribution in [3.05, 3.63) is 125 Å². The second-order valence-electron chi connectivity index (χ2n) is 11.4. The van der Waals surface area contributed by atoms with Crippen LogP contribution in [0.5, 0.6) is 5.75 Å². The molecule has 0 spiro atoms. The van der Waals surface area contributed by atoms with E-state index in [2.05, 4.69) is 5.32 Å². The monoisotopic (exact) mass is 627 g/mol. The lowest BCUT2D eigenvalue weighted by Gasteiger charge is -2.34. The summed E-state index contributed by atoms with van der Waals surface area (Å²) in [4.78, 5) is 29.8. The van der Waals surface area contributed by atoms with Gasteiger partial charge in [-0.05, 0) is 63.1 Å². The van der Waals surface area contributed by atoms with Gasteiger partial charge in [-0.2, -0.15) is 0 Å². The molecule has 0 unspecified atom stereocenters. The Labute approximate surface area is 266 Å². The van der Waals surface area contributed by atoms with Gasteiger partial charge in [-0.3, -0.25) is 13.9 Å². The second-order valence-corrected chi connectivity index (χ2v) is 13.3. The lowest BCUT2D eigenvalue weighted by molar-refractivity contribution is -0.140. The van der Waals surface area contributed by atoms with Crippen LogP contribution in [-0.4, -0.2) is 50.9 Å². The fourth-order valence-corrected chi connectivity index (χ4v) is 6.36. The van der Waals surface area contributed by atoms with Gasteiger partial charge < -0.3 is 15.0 Å². The number of aryl methyl sites for hydroxylation is 2. The van der Waals surface area contributed by atoms with Crippen molar-refractivity contribution in [2.45, 2.75) is 57.6 Å². The van der Waals surface area contributed by atoms with E-state index >= 15 is 0 Å². The summed E-state index contributed by atoms with van der Waals surface area (Å²) in [5, 5.41) is 2.97. The summed E-state index contributed by atoms with van der Waals surface area (Å²) in [5.74, 6) is -0.392. The van der Waals surface area contributed by atoms with Crippen LogP contribution in [0.1, 0.15) is 36.1 Å². The highest BCUT2D eigenvalue weighted by atomic mass is 32.2. The highest BCUT2D eigenvalue weighted by molar-refractivity contribution is 7.92. The van der Waals surface area contributed by atoms with Gasteiger partial charge in [0.15, 0.2) is 0 Å². The molecule has 4 aromatic carbocycles. The van der Waals surface area contributed by atoms with E-state index < -0.39 is 28.5 Å². The Bertz CT molecular complexity index is 1690. The Hall–Kier alpha value is -4.63. The summed E-state index contributed by atoms with van der Waals surface area (Å²) in [6, 6.07) is 29.2. The fraction of sp³-hybridized carbons (Fsp3) is 0.278. The maximum atomic E-state index is 14.5. The van der Waals surface area contributed by atoms with Crippen LogP contribution in [0.15, 0.2) is 108 Å². The van der Waals surface area contributed by atoms with E-state index in [1.54, 1.807) is 36.4 Å². The van der Waals surface area contributed by atoms with Gasteiger partial charge in [-0.15, -0.1) is 0 Å². The van der Waals surface area contributed by atoms with E-state index in [1.165, 1.54) is 24.1 Å². The molecule has 8 nitrogen and oxygen atoms in total. The Morgan fingerprint density at radius 1 is 0.800 bits per heavy atom. The van der Waals surface area contributed by atoms with E-state index in [4.69, 9.17) is 4.74 Å². The number of amides is 2. The minimum Gasteiger partial charge on any atom is -0.497 e. The minimum absolute atomic E-state index is 0.0483. The first-order valence-corrected chi connectivity index (χ1v) is 16.3. The third-order valence-electron chi connectivity index (χ3n) is 7.40. The first kappa shape index (κ1) is 33.3. The molecule has 0 aromatic heterocycles. The number of hydrogen-bond donors (Lipinski definition) is 1. The molecule has 0 bridgehead atoms. The third kappa shape index (κ3) is 8.73. The fourth-order valence-electron chi connectivity index (χ4n) is 4.96. The van der Waals surface area contributed by atoms with Crippen LogP contribution < -0.4 is 14.4 Å². The van der Waals surface area contributed by atoms with Crippen molar-refractivity contribution < 1.29 is 22.7 Å². The number of rotatable bonds is 13. The number of nitrogens with one attached hydrogen (secondary N) is 1. The molecule has 0 radical (unpaired) electrons. The van der Waals surface area contributed by atoms with Crippen molar-refractivity contribution in [1.82, 2.24) is 10.2 Å². The van der Waals surface area contributed by atoms with E-state index in [1.807, 2.05) is 82.3 Å². The molecule has 45 heavy (non-hydrogen) atoms. The van der Waals surface area contributed by atoms with Gasteiger partial charge in [0.05, 0.1) is 17.7 Å². The molecule has 1 atom stereocenters. The Morgan fingerprint density at radius 2 is 1.42 bits per heavy atom. The van der Waals surface area contributed by atoms with Crippen LogP contribution in [0.4, 0.5) is 5.69 Å². The van der Waals surface area contributed by atoms with Crippen LogP contribution in [-0.2, 0) is 32.6 Å². The Balaban J connectivity index is 1.81. The van der Waals surface area contributed by atoms with Gasteiger partial charge >= 0.3 is 0 Å². The van der Waals surface area contributed by atoms with Crippen LogP contribution in [0, 0.1) is 13.8 Å². The van der Waals surface area contributed by atoms with Crippen molar-refractivity contribution in [3.63, 3.8) is 0 Å². The predicted molar refractivity (Wildman–Crippen MR) is 178 cm³/mol. The molecule has 0 aliphatic heterocycles. The van der Waals surface area contributed by atoms with Crippen LogP contribution in [0.3, 0.4) is 0 Å². The number of ether oxygens (including phenoxy) is 1. The quantitative estimate of drug-likeness (QED) is 0.206. The summed E-state index contributed by atoms with van der Waals surface area (Å²) < 4.78 is 34.8. The van der Waals surface area contributed by atoms with Gasteiger partial charge in [0, 0.05) is 25.1 Å². The standard InChI is InChI=1S/C36H41N3O5S/c1-26(2)37-36(41)34(22-29-10-7-6-8-11-29)38(24-30-18-14-27(3)15-19-30)35(40)25-39(31-12-9-13-32(23-31)44-5)45(42,43)33-20-16-28(4)17-21-33/h6-21,23,26,34H,22,24-25H2,1-5H3,(H,37,41)/t34-/m0/s1. The minimum atomic E-state index is -4.20. The molecule has 0 heterocycles. The van der Waals surface area contributed by atoms with Crippen LogP contribution in [0.25, 0.3) is 0 Å². The van der Waals surface area contributed by atoms with Crippen molar-refractivity contribution in [2.24, 2.45) is 0 Å². The van der Waals surface area contributed by atoms with Crippen molar-refractivity contribution in [2.75, 3.05) is 18.0 Å². The summed E-state index contributed by atoms with van der Waals surface area (Å²) >= 11 is 0. The van der Waals surface area contributed by atoms with Crippen LogP contribution >= 0.6 is 0 Å². The van der Waals surface area contributed by atoms with E-state index in [9.17, 15) is 18.0 Å². The zero-order valence-electron chi connectivity index (χ0n) is 26.4. The van der Waals surface area contributed by atoms with Crippen molar-refractivity contribution in [3.8, 4) is 5.75 Å². The van der Waals surface area contributed by atoms with Crippen molar-refractivity contribution >= 4 is 27.5 Å². The molecule has 0 saturated carbocycles. The lowest BCUT2D eigenvalue weighted by Crippen LogP contribution is -2.54. The van der Waals surface area contributed by atoms with Crippen molar-refractivity contribution in [1.29, 1.82) is 0 Å². The highest BCUT2D eigenvalue weighted by Crippen LogP contribution is 2.28. The number of benzene rings is 4. The van der Waals surface area contributed by atoms with Gasteiger partial charge in [-0.25, -0.2) is 8.42 Å². The largest absolute Gasteiger partial charge is 0.497 e. The molecule has 9 heteroatoms. The highest BCUT2D eigenvalue weighted by Gasteiger charge is 2.35. The summed E-state index contributed by atoms with van der Waals surface area (Å²) in [7, 11) is -2.70. The number of anilines is 1. The molecule has 4 aromatic rings. The summed E-state index contributed by atoms with van der Waals surface area (Å²) in [6.07, 6.45) is 0.251. The molecule has 1 N–H and O–H groups in total. The second kappa shape index (κ2) is 14.9. The number of hydrogen-bond acceptors (Lipinski definition) is 5. The molecule has 0 aliphatic rings. The number of carbonyl (C=O) groups excluding carboxylic acids is 2. The topological polar surface area (TPSA) is 96.0 Å². The number of methoxy groups -OCH3 is 1. The average Bonchev–Trinajstić information content (AvgIpc) is 3.02. The van der Waals surface area contributed by atoms with Gasteiger partial charge in [0.1, 0.15) is 18.3 Å². The van der Waals surface area contributed by atoms with Gasteiger partial charge in [0.2, 0.25) is 11.8 Å². The maximum absolute atomic E-state index is 14.5. The smallest absolute Gasteiger partial charge is 0.264 e. The number of carbonyl (C=O) groups is 2. The molecular formula is C36H41N3O5S. The normalized spacial score (nSPS) is 12.0. The zero-order valence-corrected chi connectivity index (χ0v) is 27.3.